The molecule has 0 radical (unpaired) electrons. The first-order valence-electron chi connectivity index (χ1n) is 7.20. The van der Waals surface area contributed by atoms with E-state index in [0.29, 0.717) is 0 Å². The van der Waals surface area contributed by atoms with E-state index >= 15 is 0 Å². The molecule has 0 spiro atoms. The molecule has 3 heteroatoms. The average molecular weight is 286 g/mol. The molecule has 0 unspecified atom stereocenters. The van der Waals surface area contributed by atoms with Crippen molar-refractivity contribution in [2.24, 2.45) is 10.2 Å². The molecule has 2 aromatic carbocycles. The quantitative estimate of drug-likeness (QED) is 0.394. The van der Waals surface area contributed by atoms with Crippen LogP contribution in [0.25, 0.3) is 11.1 Å². The van der Waals surface area contributed by atoms with Crippen molar-refractivity contribution in [2.45, 2.75) is 6.92 Å². The van der Waals surface area contributed by atoms with Gasteiger partial charge in [0.25, 0.3) is 0 Å². The first-order valence-corrected chi connectivity index (χ1v) is 7.20. The van der Waals surface area contributed by atoms with Crippen LogP contribution in [0.3, 0.4) is 0 Å². The summed E-state index contributed by atoms with van der Waals surface area (Å²) in [4.78, 5) is 0. The third-order valence-electron chi connectivity index (χ3n) is 3.83. The zero-order valence-electron chi connectivity index (χ0n) is 12.2. The van der Waals surface area contributed by atoms with Gasteiger partial charge in [0.1, 0.15) is 17.2 Å². The summed E-state index contributed by atoms with van der Waals surface area (Å²) in [5, 5.41) is 8.86. The van der Waals surface area contributed by atoms with Gasteiger partial charge in [-0.15, -0.1) is 5.10 Å². The summed E-state index contributed by atoms with van der Waals surface area (Å²) in [7, 11) is 0. The number of hydrogen-bond acceptors (Lipinski definition) is 3. The summed E-state index contributed by atoms with van der Waals surface area (Å²) in [5.74, 6) is 0.740. The van der Waals surface area contributed by atoms with E-state index in [2.05, 4.69) is 46.6 Å². The molecule has 1 heterocycles. The fourth-order valence-electron chi connectivity index (χ4n) is 2.76. The average Bonchev–Trinajstić information content (AvgIpc) is 3.20. The van der Waals surface area contributed by atoms with Crippen molar-refractivity contribution in [3.05, 3.63) is 83.8 Å². The van der Waals surface area contributed by atoms with Gasteiger partial charge in [0.15, 0.2) is 0 Å². The Bertz CT molecular complexity index is 842. The van der Waals surface area contributed by atoms with Crippen molar-refractivity contribution in [3.63, 3.8) is 0 Å². The van der Waals surface area contributed by atoms with Crippen molar-refractivity contribution < 1.29 is 4.42 Å². The lowest BCUT2D eigenvalue weighted by molar-refractivity contribution is 0.557. The maximum absolute atomic E-state index is 5.35. The minimum atomic E-state index is 0.740. The van der Waals surface area contributed by atoms with E-state index in [1.807, 2.05) is 31.2 Å². The lowest BCUT2D eigenvalue weighted by atomic mass is 10.1. The molecule has 106 valence electrons. The number of rotatable bonds is 2. The number of benzene rings is 2. The van der Waals surface area contributed by atoms with Crippen LogP contribution in [0, 0.1) is 0 Å². The molecule has 0 saturated heterocycles. The van der Waals surface area contributed by atoms with Crippen molar-refractivity contribution in [1.82, 2.24) is 0 Å². The van der Waals surface area contributed by atoms with Gasteiger partial charge in [-0.3, -0.25) is 0 Å². The molecule has 0 saturated carbocycles. The zero-order valence-corrected chi connectivity index (χ0v) is 12.2. The third kappa shape index (κ3) is 1.99. The summed E-state index contributed by atoms with van der Waals surface area (Å²) in [6.45, 7) is 1.90. The van der Waals surface area contributed by atoms with E-state index in [1.54, 1.807) is 6.26 Å². The summed E-state index contributed by atoms with van der Waals surface area (Å²) in [5.41, 5.74) is 6.35. The van der Waals surface area contributed by atoms with Crippen molar-refractivity contribution in [1.29, 1.82) is 0 Å². The molecule has 1 aliphatic rings. The van der Waals surface area contributed by atoms with Gasteiger partial charge in [-0.2, -0.15) is 5.10 Å². The summed E-state index contributed by atoms with van der Waals surface area (Å²) < 4.78 is 5.35. The Morgan fingerprint density at radius 2 is 1.36 bits per heavy atom. The van der Waals surface area contributed by atoms with Gasteiger partial charge in [-0.05, 0) is 30.2 Å². The summed E-state index contributed by atoms with van der Waals surface area (Å²) in [6, 6.07) is 20.3. The normalized spacial score (nSPS) is 13.0. The maximum atomic E-state index is 5.35. The molecule has 4 rings (SSSR count). The van der Waals surface area contributed by atoms with Crippen LogP contribution >= 0.6 is 0 Å². The molecule has 3 aromatic rings. The predicted molar refractivity (Wildman–Crippen MR) is 88.4 cm³/mol. The van der Waals surface area contributed by atoms with Gasteiger partial charge in [0.05, 0.1) is 6.26 Å². The van der Waals surface area contributed by atoms with Gasteiger partial charge in [0, 0.05) is 11.1 Å². The number of fused-ring (bicyclic) bond motifs is 3. The Hall–Kier alpha value is -2.94. The first kappa shape index (κ1) is 12.8. The van der Waals surface area contributed by atoms with Crippen LogP contribution < -0.4 is 0 Å². The third-order valence-corrected chi connectivity index (χ3v) is 3.83. The molecular formula is C19H14N2O. The number of furan rings is 1. The SMILES string of the molecule is C/C(=N/N=C1c2ccccc2-c2ccccc21)c1ccco1. The van der Waals surface area contributed by atoms with E-state index in [1.165, 1.54) is 11.1 Å². The largest absolute Gasteiger partial charge is 0.463 e. The van der Waals surface area contributed by atoms with Crippen molar-refractivity contribution in [2.75, 3.05) is 0 Å². The monoisotopic (exact) mass is 286 g/mol. The smallest absolute Gasteiger partial charge is 0.149 e. The molecule has 0 N–H and O–H groups in total. The molecule has 0 bridgehead atoms. The van der Waals surface area contributed by atoms with Crippen LogP contribution in [-0.2, 0) is 0 Å². The maximum Gasteiger partial charge on any atom is 0.149 e. The summed E-state index contributed by atoms with van der Waals surface area (Å²) in [6.07, 6.45) is 1.64. The van der Waals surface area contributed by atoms with Crippen LogP contribution in [0.2, 0.25) is 0 Å². The first-order chi connectivity index (χ1) is 10.8. The molecule has 0 aliphatic heterocycles. The minimum absolute atomic E-state index is 0.740. The van der Waals surface area contributed by atoms with E-state index in [0.717, 1.165) is 28.3 Å². The fourth-order valence-corrected chi connectivity index (χ4v) is 2.76. The highest BCUT2D eigenvalue weighted by molar-refractivity contribution is 6.24. The van der Waals surface area contributed by atoms with Crippen molar-refractivity contribution >= 4 is 11.4 Å². The minimum Gasteiger partial charge on any atom is -0.463 e. The van der Waals surface area contributed by atoms with Gasteiger partial charge in [0.2, 0.25) is 0 Å². The molecule has 0 fully saturated rings. The molecular weight excluding hydrogens is 272 g/mol. The van der Waals surface area contributed by atoms with E-state index < -0.39 is 0 Å². The van der Waals surface area contributed by atoms with Gasteiger partial charge in [-0.25, -0.2) is 0 Å². The van der Waals surface area contributed by atoms with E-state index in [9.17, 15) is 0 Å². The number of nitrogens with zero attached hydrogens (tertiary/aromatic N) is 2. The Balaban J connectivity index is 1.85. The van der Waals surface area contributed by atoms with Crippen LogP contribution in [0.15, 0.2) is 81.5 Å². The Morgan fingerprint density at radius 1 is 0.773 bits per heavy atom. The van der Waals surface area contributed by atoms with E-state index in [-0.39, 0.29) is 0 Å². The molecule has 1 aliphatic carbocycles. The second-order valence-electron chi connectivity index (χ2n) is 5.20. The zero-order chi connectivity index (χ0) is 14.9. The standard InChI is InChI=1S/C19H14N2O/c1-13(18-11-6-12-22-18)20-21-19-16-9-4-2-7-14(16)15-8-3-5-10-17(15)19/h2-12H,1H3/b20-13-. The molecule has 1 aromatic heterocycles. The topological polar surface area (TPSA) is 37.9 Å². The van der Waals surface area contributed by atoms with Crippen molar-refractivity contribution in [3.8, 4) is 11.1 Å². The Labute approximate surface area is 128 Å². The van der Waals surface area contributed by atoms with Gasteiger partial charge in [-0.1, -0.05) is 48.5 Å². The van der Waals surface area contributed by atoms with Crippen LogP contribution in [0.5, 0.6) is 0 Å². The highest BCUT2D eigenvalue weighted by Gasteiger charge is 2.23. The lowest BCUT2D eigenvalue weighted by Gasteiger charge is -1.99. The van der Waals surface area contributed by atoms with Crippen LogP contribution in [0.4, 0.5) is 0 Å². The second-order valence-corrected chi connectivity index (χ2v) is 5.20. The van der Waals surface area contributed by atoms with E-state index in [4.69, 9.17) is 4.42 Å². The fraction of sp³-hybridized carbons (Fsp3) is 0.0526. The van der Waals surface area contributed by atoms with Gasteiger partial charge >= 0.3 is 0 Å². The van der Waals surface area contributed by atoms with Crippen LogP contribution in [-0.4, -0.2) is 11.4 Å². The molecule has 22 heavy (non-hydrogen) atoms. The Kier molecular flexibility index (Phi) is 2.97. The number of hydrogen-bond donors (Lipinski definition) is 0. The lowest BCUT2D eigenvalue weighted by Crippen LogP contribution is -1.98. The molecule has 0 amide bonds. The highest BCUT2D eigenvalue weighted by atomic mass is 16.3. The highest BCUT2D eigenvalue weighted by Crippen LogP contribution is 2.36. The Morgan fingerprint density at radius 3 is 1.91 bits per heavy atom. The molecule has 3 nitrogen and oxygen atoms in total. The molecule has 0 atom stereocenters. The summed E-state index contributed by atoms with van der Waals surface area (Å²) >= 11 is 0. The second kappa shape index (κ2) is 5.11. The predicted octanol–water partition coefficient (Wildman–Crippen LogP) is 4.52. The van der Waals surface area contributed by atoms with Gasteiger partial charge < -0.3 is 4.42 Å². The van der Waals surface area contributed by atoms with Crippen LogP contribution in [0.1, 0.15) is 23.8 Å².